The molecule has 2 aromatic carbocycles. The number of phenolic OH excluding ortho intramolecular Hbond substituents is 1. The summed E-state index contributed by atoms with van der Waals surface area (Å²) in [6.45, 7) is 0. The second-order valence-corrected chi connectivity index (χ2v) is 3.68. The van der Waals surface area contributed by atoms with E-state index >= 15 is 0 Å². The van der Waals surface area contributed by atoms with E-state index < -0.39 is 0 Å². The van der Waals surface area contributed by atoms with Gasteiger partial charge in [-0.2, -0.15) is 0 Å². The van der Waals surface area contributed by atoms with Crippen molar-refractivity contribution in [3.05, 3.63) is 71.8 Å². The Morgan fingerprint density at radius 3 is 2.25 bits per heavy atom. The first-order valence-corrected chi connectivity index (χ1v) is 5.34. The lowest BCUT2D eigenvalue weighted by Crippen LogP contribution is -1.78. The van der Waals surface area contributed by atoms with Crippen LogP contribution in [0, 0.1) is 0 Å². The number of hydrogen-bond donors (Lipinski definition) is 1. The van der Waals surface area contributed by atoms with Crippen molar-refractivity contribution < 1.29 is 5.11 Å². The van der Waals surface area contributed by atoms with Gasteiger partial charge in [-0.1, -0.05) is 54.6 Å². The van der Waals surface area contributed by atoms with E-state index in [1.165, 1.54) is 5.56 Å². The van der Waals surface area contributed by atoms with Crippen LogP contribution in [0.3, 0.4) is 0 Å². The van der Waals surface area contributed by atoms with E-state index in [1.807, 2.05) is 30.3 Å². The van der Waals surface area contributed by atoms with Crippen molar-refractivity contribution in [1.29, 1.82) is 0 Å². The minimum atomic E-state index is 0.306. The van der Waals surface area contributed by atoms with E-state index in [0.29, 0.717) is 5.75 Å². The van der Waals surface area contributed by atoms with Crippen molar-refractivity contribution in [3.63, 3.8) is 0 Å². The van der Waals surface area contributed by atoms with Crippen molar-refractivity contribution in [1.82, 2.24) is 0 Å². The Morgan fingerprint density at radius 1 is 0.875 bits per heavy atom. The molecule has 0 aliphatic rings. The van der Waals surface area contributed by atoms with E-state index in [2.05, 4.69) is 24.3 Å². The SMILES string of the molecule is Oc1ccc(C=CCc2ccccc2)cc1. The van der Waals surface area contributed by atoms with Crippen molar-refractivity contribution in [3.8, 4) is 5.75 Å². The summed E-state index contributed by atoms with van der Waals surface area (Å²) in [6.07, 6.45) is 5.12. The maximum absolute atomic E-state index is 9.14. The fourth-order valence-corrected chi connectivity index (χ4v) is 1.53. The molecule has 0 heterocycles. The molecule has 0 unspecified atom stereocenters. The third-order valence-corrected chi connectivity index (χ3v) is 2.40. The molecule has 0 radical (unpaired) electrons. The molecule has 1 N–H and O–H groups in total. The first kappa shape index (κ1) is 10.5. The number of aromatic hydroxyl groups is 1. The quantitative estimate of drug-likeness (QED) is 0.819. The lowest BCUT2D eigenvalue weighted by Gasteiger charge is -1.96. The standard InChI is InChI=1S/C15H14O/c16-15-11-9-14(10-12-15)8-4-7-13-5-2-1-3-6-13/h1-6,8-12,16H,7H2. The summed E-state index contributed by atoms with van der Waals surface area (Å²) >= 11 is 0. The summed E-state index contributed by atoms with van der Waals surface area (Å²) in [5.41, 5.74) is 2.41. The smallest absolute Gasteiger partial charge is 0.115 e. The van der Waals surface area contributed by atoms with Crippen LogP contribution in [0.25, 0.3) is 6.08 Å². The summed E-state index contributed by atoms with van der Waals surface area (Å²) in [7, 11) is 0. The summed E-state index contributed by atoms with van der Waals surface area (Å²) in [5.74, 6) is 0.306. The van der Waals surface area contributed by atoms with Crippen LogP contribution in [0.4, 0.5) is 0 Å². The van der Waals surface area contributed by atoms with Crippen LogP contribution >= 0.6 is 0 Å². The Hall–Kier alpha value is -2.02. The van der Waals surface area contributed by atoms with E-state index in [4.69, 9.17) is 5.11 Å². The number of rotatable bonds is 3. The molecule has 1 nitrogen and oxygen atoms in total. The van der Waals surface area contributed by atoms with Gasteiger partial charge in [0.15, 0.2) is 0 Å². The van der Waals surface area contributed by atoms with Gasteiger partial charge in [0, 0.05) is 0 Å². The van der Waals surface area contributed by atoms with E-state index in [-0.39, 0.29) is 0 Å². The van der Waals surface area contributed by atoms with Gasteiger partial charge >= 0.3 is 0 Å². The first-order valence-electron chi connectivity index (χ1n) is 5.34. The minimum Gasteiger partial charge on any atom is -0.508 e. The summed E-state index contributed by atoms with van der Waals surface area (Å²) in [5, 5.41) is 9.14. The van der Waals surface area contributed by atoms with Gasteiger partial charge in [0.25, 0.3) is 0 Å². The molecule has 2 rings (SSSR count). The maximum Gasteiger partial charge on any atom is 0.115 e. The Balaban J connectivity index is 1.98. The molecule has 0 aliphatic heterocycles. The molecule has 0 aromatic heterocycles. The minimum absolute atomic E-state index is 0.306. The zero-order valence-electron chi connectivity index (χ0n) is 9.01. The molecule has 0 spiro atoms. The van der Waals surface area contributed by atoms with Gasteiger partial charge in [-0.15, -0.1) is 0 Å². The van der Waals surface area contributed by atoms with Crippen molar-refractivity contribution in [2.45, 2.75) is 6.42 Å². The summed E-state index contributed by atoms with van der Waals surface area (Å²) in [4.78, 5) is 0. The first-order chi connectivity index (χ1) is 7.84. The highest BCUT2D eigenvalue weighted by Crippen LogP contribution is 2.11. The monoisotopic (exact) mass is 210 g/mol. The van der Waals surface area contributed by atoms with Crippen LogP contribution < -0.4 is 0 Å². The molecular formula is C15H14O. The van der Waals surface area contributed by atoms with Crippen LogP contribution in [0.15, 0.2) is 60.7 Å². The predicted octanol–water partition coefficient (Wildman–Crippen LogP) is 3.65. The van der Waals surface area contributed by atoms with Crippen molar-refractivity contribution in [2.75, 3.05) is 0 Å². The van der Waals surface area contributed by atoms with Gasteiger partial charge in [-0.25, -0.2) is 0 Å². The topological polar surface area (TPSA) is 20.2 Å². The summed E-state index contributed by atoms with van der Waals surface area (Å²) in [6, 6.07) is 17.5. The maximum atomic E-state index is 9.14. The van der Waals surface area contributed by atoms with Crippen LogP contribution in [0.1, 0.15) is 11.1 Å². The molecule has 2 aromatic rings. The average Bonchev–Trinajstić information content (AvgIpc) is 2.33. The zero-order chi connectivity index (χ0) is 11.2. The van der Waals surface area contributed by atoms with Gasteiger partial charge < -0.3 is 5.11 Å². The molecular weight excluding hydrogens is 196 g/mol. The van der Waals surface area contributed by atoms with Crippen molar-refractivity contribution in [2.24, 2.45) is 0 Å². The van der Waals surface area contributed by atoms with Gasteiger partial charge in [0.2, 0.25) is 0 Å². The number of hydrogen-bond acceptors (Lipinski definition) is 1. The average molecular weight is 210 g/mol. The van der Waals surface area contributed by atoms with Crippen LogP contribution in [-0.4, -0.2) is 5.11 Å². The van der Waals surface area contributed by atoms with Gasteiger partial charge in [0.05, 0.1) is 0 Å². The fourth-order valence-electron chi connectivity index (χ4n) is 1.53. The summed E-state index contributed by atoms with van der Waals surface area (Å²) < 4.78 is 0. The molecule has 0 atom stereocenters. The van der Waals surface area contributed by atoms with Crippen LogP contribution in [-0.2, 0) is 6.42 Å². The third kappa shape index (κ3) is 2.99. The molecule has 0 fully saturated rings. The van der Waals surface area contributed by atoms with Gasteiger partial charge in [-0.3, -0.25) is 0 Å². The molecule has 0 saturated heterocycles. The predicted molar refractivity (Wildman–Crippen MR) is 67.3 cm³/mol. The fraction of sp³-hybridized carbons (Fsp3) is 0.0667. The second-order valence-electron chi connectivity index (χ2n) is 3.68. The zero-order valence-corrected chi connectivity index (χ0v) is 9.01. The number of allylic oxidation sites excluding steroid dienone is 1. The molecule has 16 heavy (non-hydrogen) atoms. The van der Waals surface area contributed by atoms with Crippen LogP contribution in [0.2, 0.25) is 0 Å². The normalized spacial score (nSPS) is 10.8. The van der Waals surface area contributed by atoms with E-state index in [9.17, 15) is 0 Å². The van der Waals surface area contributed by atoms with Crippen molar-refractivity contribution >= 4 is 6.08 Å². The lowest BCUT2D eigenvalue weighted by atomic mass is 10.1. The highest BCUT2D eigenvalue weighted by atomic mass is 16.3. The number of phenols is 1. The Morgan fingerprint density at radius 2 is 1.56 bits per heavy atom. The largest absolute Gasteiger partial charge is 0.508 e. The lowest BCUT2D eigenvalue weighted by molar-refractivity contribution is 0.475. The second kappa shape index (κ2) is 5.17. The molecule has 1 heteroatoms. The Bertz CT molecular complexity index is 455. The third-order valence-electron chi connectivity index (χ3n) is 2.40. The molecule has 0 saturated carbocycles. The number of benzene rings is 2. The van der Waals surface area contributed by atoms with E-state index in [1.54, 1.807) is 12.1 Å². The van der Waals surface area contributed by atoms with Gasteiger partial charge in [0.1, 0.15) is 5.75 Å². The van der Waals surface area contributed by atoms with Gasteiger partial charge in [-0.05, 0) is 29.7 Å². The Kier molecular flexibility index (Phi) is 3.39. The molecule has 0 aliphatic carbocycles. The highest BCUT2D eigenvalue weighted by Gasteiger charge is 1.89. The highest BCUT2D eigenvalue weighted by molar-refractivity contribution is 5.50. The van der Waals surface area contributed by atoms with E-state index in [0.717, 1.165) is 12.0 Å². The Labute approximate surface area is 95.7 Å². The molecule has 0 amide bonds. The molecule has 80 valence electrons. The molecule has 0 bridgehead atoms. The van der Waals surface area contributed by atoms with Crippen LogP contribution in [0.5, 0.6) is 5.75 Å².